The maximum Gasteiger partial charge on any atom is 0.272 e. The van der Waals surface area contributed by atoms with Gasteiger partial charge in [-0.05, 0) is 19.1 Å². The van der Waals surface area contributed by atoms with Crippen LogP contribution in [0.5, 0.6) is 5.75 Å². The van der Waals surface area contributed by atoms with Gasteiger partial charge in [-0.25, -0.2) is 0 Å². The highest BCUT2D eigenvalue weighted by molar-refractivity contribution is 5.44. The Kier molecular flexibility index (Phi) is 3.26. The lowest BCUT2D eigenvalue weighted by molar-refractivity contribution is -0.385. The molecule has 0 aliphatic carbocycles. The summed E-state index contributed by atoms with van der Waals surface area (Å²) in [6.07, 6.45) is -0.832. The van der Waals surface area contributed by atoms with Crippen LogP contribution in [0.1, 0.15) is 5.56 Å². The lowest BCUT2D eigenvalue weighted by Crippen LogP contribution is -2.29. The first-order chi connectivity index (χ1) is 8.08. The largest absolute Gasteiger partial charge is 0.486 e. The first-order valence-corrected chi connectivity index (χ1v) is 5.38. The molecule has 0 radical (unpaired) electrons. The average molecular weight is 238 g/mol. The Labute approximate surface area is 98.4 Å². The van der Waals surface area contributed by atoms with Gasteiger partial charge < -0.3 is 15.2 Å². The molecule has 1 aliphatic heterocycles. The van der Waals surface area contributed by atoms with Gasteiger partial charge in [0, 0.05) is 24.7 Å². The van der Waals surface area contributed by atoms with Crippen LogP contribution in [-0.4, -0.2) is 35.3 Å². The molecule has 1 heterocycles. The highest BCUT2D eigenvalue weighted by atomic mass is 16.6. The number of rotatable bonds is 3. The average Bonchev–Trinajstić information content (AvgIpc) is 2.64. The second-order valence-electron chi connectivity index (χ2n) is 4.09. The molecule has 0 bridgehead atoms. The number of nitro benzene ring substituents is 1. The molecule has 1 fully saturated rings. The lowest BCUT2D eigenvalue weighted by atomic mass is 10.2. The van der Waals surface area contributed by atoms with E-state index in [-0.39, 0.29) is 11.8 Å². The predicted molar refractivity (Wildman–Crippen MR) is 61.1 cm³/mol. The highest BCUT2D eigenvalue weighted by Crippen LogP contribution is 2.24. The Morgan fingerprint density at radius 3 is 2.82 bits per heavy atom. The van der Waals surface area contributed by atoms with E-state index in [2.05, 4.69) is 5.32 Å². The van der Waals surface area contributed by atoms with E-state index in [9.17, 15) is 15.2 Å². The number of nitrogens with zero attached hydrogens (tertiary/aromatic N) is 1. The van der Waals surface area contributed by atoms with Crippen LogP contribution in [0.3, 0.4) is 0 Å². The summed E-state index contributed by atoms with van der Waals surface area (Å²) in [5, 5.41) is 23.2. The number of nitrogens with one attached hydrogen (secondary N) is 1. The molecule has 1 saturated heterocycles. The van der Waals surface area contributed by atoms with Crippen molar-refractivity contribution in [3.05, 3.63) is 33.9 Å². The van der Waals surface area contributed by atoms with E-state index in [0.29, 0.717) is 24.4 Å². The molecule has 2 unspecified atom stereocenters. The van der Waals surface area contributed by atoms with Crippen molar-refractivity contribution < 1.29 is 14.8 Å². The van der Waals surface area contributed by atoms with Gasteiger partial charge in [0.15, 0.2) is 0 Å². The Balaban J connectivity index is 2.12. The second kappa shape index (κ2) is 4.68. The van der Waals surface area contributed by atoms with Crippen molar-refractivity contribution in [2.24, 2.45) is 0 Å². The number of aliphatic hydroxyl groups is 1. The minimum atomic E-state index is -0.537. The fraction of sp³-hybridized carbons (Fsp3) is 0.455. The van der Waals surface area contributed by atoms with Crippen molar-refractivity contribution in [1.29, 1.82) is 0 Å². The van der Waals surface area contributed by atoms with Gasteiger partial charge in [0.25, 0.3) is 5.69 Å². The maximum absolute atomic E-state index is 10.6. The topological polar surface area (TPSA) is 84.6 Å². The number of aryl methyl sites for hydroxylation is 1. The first kappa shape index (κ1) is 11.8. The molecule has 1 aromatic carbocycles. The molecular formula is C11H14N2O4. The molecule has 2 rings (SSSR count). The Morgan fingerprint density at radius 1 is 1.53 bits per heavy atom. The van der Waals surface area contributed by atoms with Crippen LogP contribution in [0.15, 0.2) is 18.2 Å². The molecule has 1 aliphatic rings. The van der Waals surface area contributed by atoms with Crippen LogP contribution in [-0.2, 0) is 0 Å². The van der Waals surface area contributed by atoms with E-state index < -0.39 is 11.0 Å². The zero-order valence-corrected chi connectivity index (χ0v) is 9.42. The molecule has 2 N–H and O–H groups in total. The van der Waals surface area contributed by atoms with E-state index in [1.807, 2.05) is 0 Å². The smallest absolute Gasteiger partial charge is 0.272 e. The lowest BCUT2D eigenvalue weighted by Gasteiger charge is -2.16. The third-order valence-corrected chi connectivity index (χ3v) is 2.78. The van der Waals surface area contributed by atoms with Gasteiger partial charge in [-0.1, -0.05) is 0 Å². The molecule has 92 valence electrons. The van der Waals surface area contributed by atoms with Gasteiger partial charge in [0.05, 0.1) is 4.92 Å². The fourth-order valence-corrected chi connectivity index (χ4v) is 1.84. The van der Waals surface area contributed by atoms with Gasteiger partial charge in [-0.15, -0.1) is 0 Å². The van der Waals surface area contributed by atoms with E-state index in [4.69, 9.17) is 4.74 Å². The van der Waals surface area contributed by atoms with Crippen LogP contribution in [0.4, 0.5) is 5.69 Å². The molecule has 2 atom stereocenters. The Hall–Kier alpha value is -1.66. The first-order valence-electron chi connectivity index (χ1n) is 5.38. The van der Waals surface area contributed by atoms with E-state index in [1.54, 1.807) is 19.1 Å². The van der Waals surface area contributed by atoms with Gasteiger partial charge in [0.2, 0.25) is 0 Å². The number of nitro groups is 1. The number of hydrogen-bond acceptors (Lipinski definition) is 5. The normalized spacial score (nSPS) is 23.6. The standard InChI is InChI=1S/C11H14N2O4/c1-7-4-8(2-3-9(7)13(15)16)17-11-6-12-5-10(11)14/h2-4,10-12,14H,5-6H2,1H3. The van der Waals surface area contributed by atoms with Gasteiger partial charge in [-0.2, -0.15) is 0 Å². The van der Waals surface area contributed by atoms with Gasteiger partial charge in [-0.3, -0.25) is 10.1 Å². The summed E-state index contributed by atoms with van der Waals surface area (Å²) in [6, 6.07) is 4.58. The molecule has 17 heavy (non-hydrogen) atoms. The van der Waals surface area contributed by atoms with Crippen LogP contribution in [0.25, 0.3) is 0 Å². The number of ether oxygens (including phenoxy) is 1. The SMILES string of the molecule is Cc1cc(OC2CNCC2O)ccc1[N+](=O)[O-]. The van der Waals surface area contributed by atoms with Crippen molar-refractivity contribution in [2.75, 3.05) is 13.1 Å². The maximum atomic E-state index is 10.6. The van der Waals surface area contributed by atoms with Crippen LogP contribution >= 0.6 is 0 Å². The third-order valence-electron chi connectivity index (χ3n) is 2.78. The quantitative estimate of drug-likeness (QED) is 0.595. The molecular weight excluding hydrogens is 224 g/mol. The molecule has 0 amide bonds. The third kappa shape index (κ3) is 2.54. The van der Waals surface area contributed by atoms with E-state index in [1.165, 1.54) is 6.07 Å². The predicted octanol–water partition coefficient (Wildman–Crippen LogP) is 0.615. The summed E-state index contributed by atoms with van der Waals surface area (Å²) >= 11 is 0. The van der Waals surface area contributed by atoms with Crippen LogP contribution in [0, 0.1) is 17.0 Å². The summed E-state index contributed by atoms with van der Waals surface area (Å²) in [4.78, 5) is 10.2. The minimum Gasteiger partial charge on any atom is -0.486 e. The zero-order valence-electron chi connectivity index (χ0n) is 9.42. The van der Waals surface area contributed by atoms with Gasteiger partial charge in [0.1, 0.15) is 18.0 Å². The van der Waals surface area contributed by atoms with Crippen LogP contribution < -0.4 is 10.1 Å². The second-order valence-corrected chi connectivity index (χ2v) is 4.09. The molecule has 6 heteroatoms. The molecule has 0 saturated carbocycles. The van der Waals surface area contributed by atoms with Gasteiger partial charge >= 0.3 is 0 Å². The number of β-amino-alcohol motifs (C(OH)–C–C–N with tert-alkyl or cyclic N) is 1. The minimum absolute atomic E-state index is 0.0717. The van der Waals surface area contributed by atoms with Crippen molar-refractivity contribution in [3.63, 3.8) is 0 Å². The number of benzene rings is 1. The highest BCUT2D eigenvalue weighted by Gasteiger charge is 2.26. The summed E-state index contributed by atoms with van der Waals surface area (Å²) in [5.74, 6) is 0.542. The number of aliphatic hydroxyl groups excluding tert-OH is 1. The van der Waals surface area contributed by atoms with E-state index >= 15 is 0 Å². The van der Waals surface area contributed by atoms with Crippen molar-refractivity contribution in [1.82, 2.24) is 5.32 Å². The summed E-state index contributed by atoms with van der Waals surface area (Å²) in [5.41, 5.74) is 0.621. The fourth-order valence-electron chi connectivity index (χ4n) is 1.84. The molecule has 1 aromatic rings. The molecule has 6 nitrogen and oxygen atoms in total. The summed E-state index contributed by atoms with van der Waals surface area (Å²) < 4.78 is 5.57. The summed E-state index contributed by atoms with van der Waals surface area (Å²) in [6.45, 7) is 2.75. The Bertz CT molecular complexity index is 435. The molecule has 0 spiro atoms. The monoisotopic (exact) mass is 238 g/mol. The van der Waals surface area contributed by atoms with E-state index in [0.717, 1.165) is 0 Å². The van der Waals surface area contributed by atoms with Crippen molar-refractivity contribution in [2.45, 2.75) is 19.1 Å². The molecule has 0 aromatic heterocycles. The van der Waals surface area contributed by atoms with Crippen molar-refractivity contribution in [3.8, 4) is 5.75 Å². The zero-order chi connectivity index (χ0) is 12.4. The van der Waals surface area contributed by atoms with Crippen LogP contribution in [0.2, 0.25) is 0 Å². The Morgan fingerprint density at radius 2 is 2.29 bits per heavy atom. The number of hydrogen-bond donors (Lipinski definition) is 2. The summed E-state index contributed by atoms with van der Waals surface area (Å²) in [7, 11) is 0. The van der Waals surface area contributed by atoms with Crippen molar-refractivity contribution >= 4 is 5.69 Å².